The first-order chi connectivity index (χ1) is 9.56. The first-order valence-electron chi connectivity index (χ1n) is 7.02. The van der Waals surface area contributed by atoms with Crippen LogP contribution in [0, 0.1) is 0 Å². The number of carboxylic acid groups (broad SMARTS) is 1. The summed E-state index contributed by atoms with van der Waals surface area (Å²) >= 11 is 0. The van der Waals surface area contributed by atoms with Gasteiger partial charge in [0.05, 0.1) is 0 Å². The minimum atomic E-state index is -0.919. The van der Waals surface area contributed by atoms with Crippen molar-refractivity contribution in [2.24, 2.45) is 0 Å². The molecule has 2 rings (SSSR count). The van der Waals surface area contributed by atoms with E-state index in [1.165, 1.54) is 5.56 Å². The molecule has 0 saturated carbocycles. The first kappa shape index (κ1) is 14.8. The standard InChI is InChI=1S/C16H22N2O2/c1-12-9-17-10-13(2)18(12)11-15-5-3-14(4-6-15)7-8-16(19)20/h3-8,12-13,17H,9-11H2,1-2H3,(H,19,20)/b8-7+/t12-,13+. The van der Waals surface area contributed by atoms with Crippen molar-refractivity contribution in [3.8, 4) is 0 Å². The molecule has 108 valence electrons. The van der Waals surface area contributed by atoms with Gasteiger partial charge < -0.3 is 10.4 Å². The van der Waals surface area contributed by atoms with Crippen LogP contribution in [-0.2, 0) is 11.3 Å². The average molecular weight is 274 g/mol. The lowest BCUT2D eigenvalue weighted by Crippen LogP contribution is -2.54. The van der Waals surface area contributed by atoms with Crippen molar-refractivity contribution >= 4 is 12.0 Å². The largest absolute Gasteiger partial charge is 0.478 e. The van der Waals surface area contributed by atoms with Gasteiger partial charge in [-0.1, -0.05) is 24.3 Å². The molecule has 0 aromatic heterocycles. The molecule has 2 atom stereocenters. The van der Waals surface area contributed by atoms with E-state index in [2.05, 4.69) is 36.2 Å². The molecular weight excluding hydrogens is 252 g/mol. The lowest BCUT2D eigenvalue weighted by molar-refractivity contribution is -0.131. The van der Waals surface area contributed by atoms with Crippen LogP contribution in [0.1, 0.15) is 25.0 Å². The Bertz CT molecular complexity index is 472. The summed E-state index contributed by atoms with van der Waals surface area (Å²) in [7, 11) is 0. The highest BCUT2D eigenvalue weighted by atomic mass is 16.4. The van der Waals surface area contributed by atoms with Crippen molar-refractivity contribution in [1.29, 1.82) is 0 Å². The van der Waals surface area contributed by atoms with Gasteiger partial charge in [-0.3, -0.25) is 4.90 Å². The van der Waals surface area contributed by atoms with Crippen molar-refractivity contribution < 1.29 is 9.90 Å². The van der Waals surface area contributed by atoms with Gasteiger partial charge in [0.25, 0.3) is 0 Å². The van der Waals surface area contributed by atoms with Crippen LogP contribution in [0.5, 0.6) is 0 Å². The van der Waals surface area contributed by atoms with Gasteiger partial charge in [-0.2, -0.15) is 0 Å². The number of carboxylic acids is 1. The van der Waals surface area contributed by atoms with Crippen LogP contribution in [-0.4, -0.2) is 41.1 Å². The van der Waals surface area contributed by atoms with E-state index in [0.717, 1.165) is 31.3 Å². The maximum absolute atomic E-state index is 10.5. The number of hydrogen-bond donors (Lipinski definition) is 2. The zero-order valence-electron chi connectivity index (χ0n) is 12.0. The fraction of sp³-hybridized carbons (Fsp3) is 0.438. The van der Waals surface area contributed by atoms with E-state index in [1.54, 1.807) is 6.08 Å². The summed E-state index contributed by atoms with van der Waals surface area (Å²) in [5.74, 6) is -0.919. The first-order valence-corrected chi connectivity index (χ1v) is 7.02. The minimum Gasteiger partial charge on any atom is -0.478 e. The third kappa shape index (κ3) is 3.92. The number of aliphatic carboxylic acids is 1. The Labute approximate surface area is 120 Å². The molecule has 1 aromatic rings. The van der Waals surface area contributed by atoms with Gasteiger partial charge in [-0.05, 0) is 31.1 Å². The highest BCUT2D eigenvalue weighted by molar-refractivity contribution is 5.85. The van der Waals surface area contributed by atoms with Crippen LogP contribution < -0.4 is 5.32 Å². The van der Waals surface area contributed by atoms with Crippen molar-refractivity contribution in [1.82, 2.24) is 10.2 Å². The summed E-state index contributed by atoms with van der Waals surface area (Å²) < 4.78 is 0. The van der Waals surface area contributed by atoms with Crippen LogP contribution in [0.4, 0.5) is 0 Å². The number of benzene rings is 1. The summed E-state index contributed by atoms with van der Waals surface area (Å²) in [6.07, 6.45) is 2.78. The van der Waals surface area contributed by atoms with Crippen LogP contribution >= 0.6 is 0 Å². The topological polar surface area (TPSA) is 52.6 Å². The number of carbonyl (C=O) groups is 1. The molecule has 1 aromatic carbocycles. The molecule has 1 aliphatic rings. The molecule has 1 aliphatic heterocycles. The quantitative estimate of drug-likeness (QED) is 0.824. The van der Waals surface area contributed by atoms with E-state index in [0.29, 0.717) is 12.1 Å². The molecule has 0 aliphatic carbocycles. The SMILES string of the molecule is C[C@@H]1CNC[C@H](C)N1Cc1ccc(/C=C/C(=O)O)cc1. The second-order valence-electron chi connectivity index (χ2n) is 5.44. The van der Waals surface area contributed by atoms with Gasteiger partial charge >= 0.3 is 5.97 Å². The summed E-state index contributed by atoms with van der Waals surface area (Å²) in [6.45, 7) is 7.49. The van der Waals surface area contributed by atoms with Gasteiger partial charge in [-0.25, -0.2) is 4.79 Å². The Morgan fingerprint density at radius 3 is 2.45 bits per heavy atom. The molecule has 4 heteroatoms. The van der Waals surface area contributed by atoms with Gasteiger partial charge in [0.2, 0.25) is 0 Å². The van der Waals surface area contributed by atoms with E-state index < -0.39 is 5.97 Å². The van der Waals surface area contributed by atoms with Crippen molar-refractivity contribution in [2.45, 2.75) is 32.5 Å². The third-order valence-electron chi connectivity index (χ3n) is 3.78. The van der Waals surface area contributed by atoms with Crippen LogP contribution in [0.2, 0.25) is 0 Å². The van der Waals surface area contributed by atoms with E-state index in [1.807, 2.05) is 12.1 Å². The number of nitrogens with one attached hydrogen (secondary N) is 1. The van der Waals surface area contributed by atoms with E-state index in [-0.39, 0.29) is 0 Å². The molecule has 1 heterocycles. The van der Waals surface area contributed by atoms with Gasteiger partial charge in [0, 0.05) is 37.8 Å². The van der Waals surface area contributed by atoms with Gasteiger partial charge in [-0.15, -0.1) is 0 Å². The molecule has 20 heavy (non-hydrogen) atoms. The van der Waals surface area contributed by atoms with Crippen molar-refractivity contribution in [3.05, 3.63) is 41.5 Å². The molecule has 1 saturated heterocycles. The maximum Gasteiger partial charge on any atom is 0.328 e. The number of rotatable bonds is 4. The van der Waals surface area contributed by atoms with E-state index in [4.69, 9.17) is 5.11 Å². The summed E-state index contributed by atoms with van der Waals surface area (Å²) in [5, 5.41) is 12.0. The molecule has 0 amide bonds. The number of piperazine rings is 1. The van der Waals surface area contributed by atoms with E-state index in [9.17, 15) is 4.79 Å². The van der Waals surface area contributed by atoms with Crippen molar-refractivity contribution in [3.63, 3.8) is 0 Å². The molecule has 0 radical (unpaired) electrons. The smallest absolute Gasteiger partial charge is 0.328 e. The molecular formula is C16H22N2O2. The van der Waals surface area contributed by atoms with Gasteiger partial charge in [0.15, 0.2) is 0 Å². The third-order valence-corrected chi connectivity index (χ3v) is 3.78. The summed E-state index contributed by atoms with van der Waals surface area (Å²) in [6, 6.07) is 9.14. The summed E-state index contributed by atoms with van der Waals surface area (Å²) in [4.78, 5) is 13.0. The number of hydrogen-bond acceptors (Lipinski definition) is 3. The molecule has 0 unspecified atom stereocenters. The highest BCUT2D eigenvalue weighted by Crippen LogP contribution is 2.15. The van der Waals surface area contributed by atoms with E-state index >= 15 is 0 Å². The fourth-order valence-corrected chi connectivity index (χ4v) is 2.59. The van der Waals surface area contributed by atoms with Crippen LogP contribution in [0.3, 0.4) is 0 Å². The second kappa shape index (κ2) is 6.68. The molecule has 0 bridgehead atoms. The zero-order chi connectivity index (χ0) is 14.5. The Morgan fingerprint density at radius 1 is 1.30 bits per heavy atom. The second-order valence-corrected chi connectivity index (χ2v) is 5.44. The molecule has 4 nitrogen and oxygen atoms in total. The van der Waals surface area contributed by atoms with Crippen molar-refractivity contribution in [2.75, 3.05) is 13.1 Å². The Balaban J connectivity index is 2.01. The fourth-order valence-electron chi connectivity index (χ4n) is 2.59. The summed E-state index contributed by atoms with van der Waals surface area (Å²) in [5.41, 5.74) is 2.18. The average Bonchev–Trinajstić information content (AvgIpc) is 2.42. The van der Waals surface area contributed by atoms with Crippen LogP contribution in [0.15, 0.2) is 30.3 Å². The van der Waals surface area contributed by atoms with Gasteiger partial charge in [0.1, 0.15) is 0 Å². The normalized spacial score (nSPS) is 24.1. The molecule has 0 spiro atoms. The molecule has 2 N–H and O–H groups in total. The maximum atomic E-state index is 10.5. The lowest BCUT2D eigenvalue weighted by atomic mass is 10.1. The Hall–Kier alpha value is -1.65. The minimum absolute atomic E-state index is 0.533. The predicted molar refractivity (Wildman–Crippen MR) is 80.4 cm³/mol. The Morgan fingerprint density at radius 2 is 1.90 bits per heavy atom. The predicted octanol–water partition coefficient (Wildman–Crippen LogP) is 1.97. The Kier molecular flexibility index (Phi) is 4.93. The molecule has 1 fully saturated rings. The number of nitrogens with zero attached hydrogens (tertiary/aromatic N) is 1. The lowest BCUT2D eigenvalue weighted by Gasteiger charge is -2.39. The zero-order valence-corrected chi connectivity index (χ0v) is 12.0. The highest BCUT2D eigenvalue weighted by Gasteiger charge is 2.23. The van der Waals surface area contributed by atoms with Crippen LogP contribution in [0.25, 0.3) is 6.08 Å². The monoisotopic (exact) mass is 274 g/mol.